The Bertz CT molecular complexity index is 191. The second-order valence-corrected chi connectivity index (χ2v) is 2.48. The summed E-state index contributed by atoms with van der Waals surface area (Å²) in [5.41, 5.74) is 4.99. The highest BCUT2D eigenvalue weighted by Crippen LogP contribution is 2.08. The molecule has 0 aromatic rings. The molecule has 2 radical (unpaired) electrons. The number of allylic oxidation sites excluding steroid dienone is 1. The van der Waals surface area contributed by atoms with Crippen LogP contribution < -0.4 is 5.73 Å². The Labute approximate surface area is 71.0 Å². The van der Waals surface area contributed by atoms with Crippen LogP contribution in [0, 0.1) is 6.42 Å². The first-order valence-electron chi connectivity index (χ1n) is 3.69. The molecule has 0 aromatic heterocycles. The molecule has 0 spiro atoms. The molecule has 1 aliphatic rings. The summed E-state index contributed by atoms with van der Waals surface area (Å²) in [6, 6.07) is 0. The normalized spacial score (nSPS) is 33.4. The molecule has 66 valence electrons. The lowest BCUT2D eigenvalue weighted by atomic mass is 10.1. The molecule has 0 saturated carbocycles. The lowest BCUT2D eigenvalue weighted by Crippen LogP contribution is -2.41. The average molecular weight is 169 g/mol. The molecular weight excluding hydrogens is 158 g/mol. The van der Waals surface area contributed by atoms with Gasteiger partial charge < -0.3 is 15.6 Å². The first-order valence-corrected chi connectivity index (χ1v) is 3.69. The zero-order valence-electron chi connectivity index (χ0n) is 6.56. The summed E-state index contributed by atoms with van der Waals surface area (Å²) in [4.78, 5) is 10.7. The van der Waals surface area contributed by atoms with Gasteiger partial charge in [-0.25, -0.2) is 0 Å². The van der Waals surface area contributed by atoms with Gasteiger partial charge in [0.05, 0.1) is 12.7 Å². The molecule has 2 atom stereocenters. The van der Waals surface area contributed by atoms with Crippen molar-refractivity contribution in [2.45, 2.75) is 18.6 Å². The van der Waals surface area contributed by atoms with E-state index in [-0.39, 0.29) is 0 Å². The highest BCUT2D eigenvalue weighted by Gasteiger charge is 2.25. The summed E-state index contributed by atoms with van der Waals surface area (Å²) in [6.45, 7) is 0.298. The van der Waals surface area contributed by atoms with Crippen molar-refractivity contribution in [3.8, 4) is 0 Å². The van der Waals surface area contributed by atoms with Gasteiger partial charge in [0.15, 0.2) is 6.10 Å². The second kappa shape index (κ2) is 4.23. The smallest absolute Gasteiger partial charge is 0.249 e. The van der Waals surface area contributed by atoms with Crippen molar-refractivity contribution < 1.29 is 14.6 Å². The van der Waals surface area contributed by atoms with E-state index in [1.165, 1.54) is 0 Å². The lowest BCUT2D eigenvalue weighted by molar-refractivity contribution is -0.134. The summed E-state index contributed by atoms with van der Waals surface area (Å²) in [5.74, 6) is -0.662. The Morgan fingerprint density at radius 3 is 3.08 bits per heavy atom. The molecule has 1 heterocycles. The van der Waals surface area contributed by atoms with Crippen LogP contribution in [-0.4, -0.2) is 29.8 Å². The van der Waals surface area contributed by atoms with Crippen LogP contribution in [0.3, 0.4) is 0 Å². The van der Waals surface area contributed by atoms with Gasteiger partial charge in [0.1, 0.15) is 0 Å². The van der Waals surface area contributed by atoms with Crippen LogP contribution in [0.2, 0.25) is 0 Å². The number of hydrogen-bond donors (Lipinski definition) is 2. The highest BCUT2D eigenvalue weighted by molar-refractivity contribution is 5.79. The van der Waals surface area contributed by atoms with Crippen LogP contribution in [0.4, 0.5) is 0 Å². The van der Waals surface area contributed by atoms with Gasteiger partial charge in [-0.1, -0.05) is 12.2 Å². The van der Waals surface area contributed by atoms with Gasteiger partial charge in [0.25, 0.3) is 0 Å². The molecule has 0 aromatic carbocycles. The molecule has 0 saturated heterocycles. The third-order valence-electron chi connectivity index (χ3n) is 1.55. The largest absolute Gasteiger partial charge is 0.389 e. The minimum atomic E-state index is -1.02. The topological polar surface area (TPSA) is 72.6 Å². The minimum absolute atomic E-state index is 0.298. The van der Waals surface area contributed by atoms with Gasteiger partial charge in [-0.2, -0.15) is 0 Å². The standard InChI is InChI=1S/C8H11NO3/c9-8(11)7-6(10)4-2-1-3-5-12-7/h1,3,6-7,10H,2,5H2,(H2,9,11)/b3-1-. The molecule has 3 N–H and O–H groups in total. The number of primary amides is 1. The Balaban J connectivity index is 2.58. The first-order chi connectivity index (χ1) is 5.72. The fourth-order valence-electron chi connectivity index (χ4n) is 0.935. The number of aliphatic hydroxyl groups excluding tert-OH is 1. The zero-order valence-corrected chi connectivity index (χ0v) is 6.56. The number of carbonyl (C=O) groups is 1. The number of aliphatic hydroxyl groups is 1. The summed E-state index contributed by atoms with van der Waals surface area (Å²) < 4.78 is 4.98. The molecule has 0 fully saturated rings. The van der Waals surface area contributed by atoms with E-state index in [1.54, 1.807) is 12.2 Å². The summed E-state index contributed by atoms with van der Waals surface area (Å²) >= 11 is 0. The number of hydrogen-bond acceptors (Lipinski definition) is 3. The monoisotopic (exact) mass is 169 g/mol. The van der Waals surface area contributed by atoms with Crippen molar-refractivity contribution in [1.82, 2.24) is 0 Å². The van der Waals surface area contributed by atoms with Gasteiger partial charge in [-0.15, -0.1) is 0 Å². The van der Waals surface area contributed by atoms with Crippen LogP contribution in [-0.2, 0) is 9.53 Å². The fraction of sp³-hybridized carbons (Fsp3) is 0.500. The molecular formula is C8H11NO3. The molecule has 1 rings (SSSR count). The third kappa shape index (κ3) is 2.32. The fourth-order valence-corrected chi connectivity index (χ4v) is 0.935. The number of rotatable bonds is 1. The Morgan fingerprint density at radius 1 is 1.67 bits per heavy atom. The van der Waals surface area contributed by atoms with Gasteiger partial charge in [0, 0.05) is 6.42 Å². The number of amides is 1. The Kier molecular flexibility index (Phi) is 3.25. The van der Waals surface area contributed by atoms with Crippen molar-refractivity contribution in [2.75, 3.05) is 6.61 Å². The number of carbonyl (C=O) groups excluding carboxylic acids is 1. The average Bonchev–Trinajstić information content (AvgIpc) is 1.96. The Morgan fingerprint density at radius 2 is 2.42 bits per heavy atom. The van der Waals surface area contributed by atoms with E-state index in [9.17, 15) is 9.90 Å². The van der Waals surface area contributed by atoms with Crippen LogP contribution in [0.5, 0.6) is 0 Å². The number of nitrogens with two attached hydrogens (primary N) is 1. The first kappa shape index (κ1) is 9.22. The molecule has 4 nitrogen and oxygen atoms in total. The SMILES string of the molecule is NC(=O)C1OC/C=C\C[C]C1O. The van der Waals surface area contributed by atoms with Gasteiger partial charge in [-0.3, -0.25) is 4.79 Å². The molecule has 1 amide bonds. The highest BCUT2D eigenvalue weighted by atomic mass is 16.5. The maximum atomic E-state index is 10.7. The molecule has 12 heavy (non-hydrogen) atoms. The van der Waals surface area contributed by atoms with Crippen molar-refractivity contribution in [2.24, 2.45) is 5.73 Å². The van der Waals surface area contributed by atoms with E-state index in [1.807, 2.05) is 0 Å². The van der Waals surface area contributed by atoms with Crippen molar-refractivity contribution in [3.05, 3.63) is 18.6 Å². The van der Waals surface area contributed by atoms with Crippen LogP contribution in [0.1, 0.15) is 6.42 Å². The third-order valence-corrected chi connectivity index (χ3v) is 1.55. The summed E-state index contributed by atoms with van der Waals surface area (Å²) in [6.07, 6.45) is 4.75. The van der Waals surface area contributed by atoms with Crippen molar-refractivity contribution in [3.63, 3.8) is 0 Å². The van der Waals surface area contributed by atoms with Gasteiger partial charge >= 0.3 is 0 Å². The predicted octanol–water partition coefficient (Wildman–Crippen LogP) is -0.741. The quantitative estimate of drug-likeness (QED) is 0.508. The number of ether oxygens (including phenoxy) is 1. The van der Waals surface area contributed by atoms with Crippen molar-refractivity contribution >= 4 is 5.91 Å². The van der Waals surface area contributed by atoms with E-state index in [2.05, 4.69) is 6.42 Å². The van der Waals surface area contributed by atoms with Crippen LogP contribution in [0.15, 0.2) is 12.2 Å². The van der Waals surface area contributed by atoms with E-state index in [0.29, 0.717) is 13.0 Å². The molecule has 2 unspecified atom stereocenters. The van der Waals surface area contributed by atoms with E-state index < -0.39 is 18.1 Å². The predicted molar refractivity (Wildman–Crippen MR) is 41.9 cm³/mol. The van der Waals surface area contributed by atoms with Crippen LogP contribution in [0.25, 0.3) is 0 Å². The maximum absolute atomic E-state index is 10.7. The lowest BCUT2D eigenvalue weighted by Gasteiger charge is -2.20. The van der Waals surface area contributed by atoms with Crippen molar-refractivity contribution in [1.29, 1.82) is 0 Å². The van der Waals surface area contributed by atoms with Gasteiger partial charge in [0.2, 0.25) is 5.91 Å². The van der Waals surface area contributed by atoms with E-state index in [0.717, 1.165) is 0 Å². The Hall–Kier alpha value is -0.870. The second-order valence-electron chi connectivity index (χ2n) is 2.48. The molecule has 1 aliphatic heterocycles. The molecule has 0 aliphatic carbocycles. The van der Waals surface area contributed by atoms with Gasteiger partial charge in [-0.05, 0) is 6.42 Å². The summed E-state index contributed by atoms with van der Waals surface area (Å²) in [7, 11) is 0. The van der Waals surface area contributed by atoms with E-state index >= 15 is 0 Å². The van der Waals surface area contributed by atoms with Crippen LogP contribution >= 0.6 is 0 Å². The zero-order chi connectivity index (χ0) is 8.97. The molecule has 0 bridgehead atoms. The summed E-state index contributed by atoms with van der Waals surface area (Å²) in [5, 5.41) is 9.27. The van der Waals surface area contributed by atoms with E-state index in [4.69, 9.17) is 10.5 Å². The molecule has 4 heteroatoms. The maximum Gasteiger partial charge on any atom is 0.249 e. The minimum Gasteiger partial charge on any atom is -0.389 e.